The van der Waals surface area contributed by atoms with Crippen LogP contribution >= 0.6 is 0 Å². The number of benzene rings is 1. The van der Waals surface area contributed by atoms with Crippen molar-refractivity contribution in [2.24, 2.45) is 0 Å². The summed E-state index contributed by atoms with van der Waals surface area (Å²) >= 11 is 0. The summed E-state index contributed by atoms with van der Waals surface area (Å²) in [6.07, 6.45) is 1.63. The van der Waals surface area contributed by atoms with Crippen LogP contribution in [0, 0.1) is 0 Å². The molecule has 7 rings (SSSR count). The number of hydrogen-bond acceptors (Lipinski definition) is 8. The van der Waals surface area contributed by atoms with Crippen LogP contribution in [0.5, 0.6) is 0 Å². The van der Waals surface area contributed by atoms with Gasteiger partial charge in [-0.25, -0.2) is 13.4 Å². The zero-order chi connectivity index (χ0) is 31.7. The number of hydrogen-bond donors (Lipinski definition) is 2. The van der Waals surface area contributed by atoms with Gasteiger partial charge in [-0.15, -0.1) is 0 Å². The zero-order valence-electron chi connectivity index (χ0n) is 23.9. The van der Waals surface area contributed by atoms with Crippen LogP contribution in [0.3, 0.4) is 0 Å². The molecule has 2 aliphatic heterocycles. The van der Waals surface area contributed by atoms with Gasteiger partial charge in [-0.05, 0) is 31.7 Å². The molecule has 232 valence electrons. The van der Waals surface area contributed by atoms with Gasteiger partial charge in [-0.1, -0.05) is 36.4 Å². The maximum Gasteiger partial charge on any atom is 0.432 e. The third-order valence-corrected chi connectivity index (χ3v) is 9.80. The lowest BCUT2D eigenvalue weighted by Crippen LogP contribution is -2.46. The Morgan fingerprint density at radius 1 is 1.02 bits per heavy atom. The van der Waals surface area contributed by atoms with Gasteiger partial charge in [0.25, 0.3) is 5.91 Å². The molecule has 3 N–H and O–H groups in total. The van der Waals surface area contributed by atoms with Crippen LogP contribution in [0.4, 0.5) is 19.0 Å². The molecular weight excluding hydrogens is 609 g/mol. The number of carbonyl (C=O) groups is 1. The molecule has 2 saturated heterocycles. The highest BCUT2D eigenvalue weighted by molar-refractivity contribution is 7.91. The largest absolute Gasteiger partial charge is 0.432 e. The Kier molecular flexibility index (Phi) is 6.69. The molecule has 0 radical (unpaired) electrons. The molecule has 5 aromatic rings. The Labute approximate surface area is 255 Å². The molecule has 15 heteroatoms. The second-order valence-corrected chi connectivity index (χ2v) is 13.5. The summed E-state index contributed by atoms with van der Waals surface area (Å²) in [5.41, 5.74) is 8.80. The Bertz CT molecular complexity index is 2030. The Balaban J connectivity index is 1.24. The fourth-order valence-corrected chi connectivity index (χ4v) is 7.71. The first kappa shape index (κ1) is 29.0. The summed E-state index contributed by atoms with van der Waals surface area (Å²) in [6, 6.07) is 13.5. The summed E-state index contributed by atoms with van der Waals surface area (Å²) in [6.45, 7) is 0. The SMILES string of the molecule is CS(=O)(=O)c1c(C2C[C@H]3CC[C@H](C2)N3C(=O)c2cc(C(F)(F)F)[nH]n2)nc2c(-c3ccc(-c4ccccc4)nc3)cnn2c1N. The Morgan fingerprint density at radius 2 is 1.73 bits per heavy atom. The number of fused-ring (bicyclic) bond motifs is 3. The molecule has 11 nitrogen and oxygen atoms in total. The molecule has 6 heterocycles. The lowest BCUT2D eigenvalue weighted by atomic mass is 9.87. The molecule has 2 atom stereocenters. The predicted octanol–water partition coefficient (Wildman–Crippen LogP) is 4.74. The molecule has 0 aliphatic carbocycles. The number of nitrogen functional groups attached to an aromatic ring is 1. The molecule has 2 aliphatic rings. The van der Waals surface area contributed by atoms with Crippen LogP contribution < -0.4 is 5.73 Å². The fourth-order valence-electron chi connectivity index (χ4n) is 6.65. The number of alkyl halides is 3. The number of nitrogens with two attached hydrogens (primary N) is 1. The van der Waals surface area contributed by atoms with E-state index in [0.29, 0.717) is 54.2 Å². The minimum atomic E-state index is -4.66. The van der Waals surface area contributed by atoms with E-state index in [1.54, 1.807) is 17.3 Å². The van der Waals surface area contributed by atoms with Crippen molar-refractivity contribution in [1.82, 2.24) is 34.7 Å². The summed E-state index contributed by atoms with van der Waals surface area (Å²) in [5.74, 6) is -1.04. The molecule has 0 unspecified atom stereocenters. The number of sulfone groups is 1. The fraction of sp³-hybridized carbons (Fsp3) is 0.300. The van der Waals surface area contributed by atoms with E-state index in [9.17, 15) is 26.4 Å². The first-order valence-corrected chi connectivity index (χ1v) is 16.1. The minimum absolute atomic E-state index is 0.0697. The van der Waals surface area contributed by atoms with Crippen molar-refractivity contribution in [2.45, 2.75) is 54.8 Å². The van der Waals surface area contributed by atoms with Gasteiger partial charge in [0.15, 0.2) is 21.2 Å². The van der Waals surface area contributed by atoms with Crippen molar-refractivity contribution in [2.75, 3.05) is 12.0 Å². The maximum absolute atomic E-state index is 13.3. The van der Waals surface area contributed by atoms with E-state index in [1.165, 1.54) is 4.52 Å². The van der Waals surface area contributed by atoms with Gasteiger partial charge in [0, 0.05) is 53.2 Å². The molecule has 45 heavy (non-hydrogen) atoms. The highest BCUT2D eigenvalue weighted by Gasteiger charge is 2.46. The molecule has 1 amide bonds. The van der Waals surface area contributed by atoms with Crippen LogP contribution in [0.1, 0.15) is 53.5 Å². The van der Waals surface area contributed by atoms with E-state index in [2.05, 4.69) is 15.2 Å². The van der Waals surface area contributed by atoms with Gasteiger partial charge in [0.1, 0.15) is 16.4 Å². The summed E-state index contributed by atoms with van der Waals surface area (Å²) < 4.78 is 66.8. The molecule has 1 aromatic carbocycles. The van der Waals surface area contributed by atoms with E-state index < -0.39 is 27.6 Å². The van der Waals surface area contributed by atoms with Gasteiger partial charge in [-0.2, -0.15) is 27.9 Å². The third-order valence-electron chi connectivity index (χ3n) is 8.64. The Morgan fingerprint density at radius 3 is 2.33 bits per heavy atom. The third kappa shape index (κ3) is 5.00. The first-order valence-electron chi connectivity index (χ1n) is 14.2. The van der Waals surface area contributed by atoms with Gasteiger partial charge < -0.3 is 10.6 Å². The van der Waals surface area contributed by atoms with Crippen LogP contribution in [0.15, 0.2) is 65.8 Å². The highest BCUT2D eigenvalue weighted by Crippen LogP contribution is 2.46. The quantitative estimate of drug-likeness (QED) is 0.281. The second kappa shape index (κ2) is 10.4. The number of nitrogens with one attached hydrogen (secondary N) is 1. The number of amides is 1. The molecule has 2 fully saturated rings. The number of pyridine rings is 1. The highest BCUT2D eigenvalue weighted by atomic mass is 32.2. The monoisotopic (exact) mass is 636 g/mol. The number of aromatic amines is 1. The summed E-state index contributed by atoms with van der Waals surface area (Å²) in [5, 5.41) is 9.88. The van der Waals surface area contributed by atoms with Crippen LogP contribution in [0.25, 0.3) is 28.0 Å². The van der Waals surface area contributed by atoms with E-state index >= 15 is 0 Å². The first-order chi connectivity index (χ1) is 21.4. The Hall–Kier alpha value is -4.79. The summed E-state index contributed by atoms with van der Waals surface area (Å²) in [7, 11) is -3.86. The lowest BCUT2D eigenvalue weighted by molar-refractivity contribution is -0.141. The van der Waals surface area contributed by atoms with Crippen molar-refractivity contribution in [3.05, 3.63) is 78.0 Å². The molecule has 2 bridgehead atoms. The lowest BCUT2D eigenvalue weighted by Gasteiger charge is -2.39. The predicted molar refractivity (Wildman–Crippen MR) is 158 cm³/mol. The van der Waals surface area contributed by atoms with Gasteiger partial charge in [0.05, 0.1) is 17.6 Å². The van der Waals surface area contributed by atoms with Gasteiger partial charge in [-0.3, -0.25) is 14.9 Å². The van der Waals surface area contributed by atoms with E-state index in [-0.39, 0.29) is 34.4 Å². The number of anilines is 1. The van der Waals surface area contributed by atoms with E-state index in [4.69, 9.17) is 10.7 Å². The number of rotatable bonds is 5. The number of nitrogens with zero attached hydrogens (tertiary/aromatic N) is 6. The molecule has 0 saturated carbocycles. The van der Waals surface area contributed by atoms with Crippen molar-refractivity contribution in [3.63, 3.8) is 0 Å². The van der Waals surface area contributed by atoms with E-state index in [0.717, 1.165) is 17.5 Å². The standard InChI is InChI=1S/C30H27F3N8O3S/c1-45(43,44)26-25(18-11-19-8-9-20(12-18)40(19)29(42)23-13-24(39-38-23)30(31,32)33)37-28-21(15-36-41(28)27(26)34)17-7-10-22(35-14-17)16-5-3-2-4-6-16/h2-7,10,13-15,18-20H,8-9,11-12,34H2,1H3,(H,38,39)/t19-,20-/m1/s1. The van der Waals surface area contributed by atoms with Crippen molar-refractivity contribution in [1.29, 1.82) is 0 Å². The summed E-state index contributed by atoms with van der Waals surface area (Å²) in [4.78, 5) is 24.2. The average Bonchev–Trinajstić information content (AvgIpc) is 3.73. The van der Waals surface area contributed by atoms with Crippen molar-refractivity contribution < 1.29 is 26.4 Å². The number of aromatic nitrogens is 6. The molecular formula is C30H27F3N8O3S. The van der Waals surface area contributed by atoms with E-state index in [1.807, 2.05) is 47.6 Å². The van der Waals surface area contributed by atoms with Crippen molar-refractivity contribution >= 4 is 27.2 Å². The van der Waals surface area contributed by atoms with Crippen molar-refractivity contribution in [3.8, 4) is 22.4 Å². The molecule has 4 aromatic heterocycles. The topological polar surface area (TPSA) is 152 Å². The van der Waals surface area contributed by atoms with Gasteiger partial charge >= 0.3 is 6.18 Å². The second-order valence-electron chi connectivity index (χ2n) is 11.5. The minimum Gasteiger partial charge on any atom is -0.382 e. The molecule has 0 spiro atoms. The van der Waals surface area contributed by atoms with Gasteiger partial charge in [0.2, 0.25) is 0 Å². The van der Waals surface area contributed by atoms with Crippen LogP contribution in [-0.4, -0.2) is 67.3 Å². The number of carbonyl (C=O) groups excluding carboxylic acids is 1. The maximum atomic E-state index is 13.3. The normalized spacial score (nSPS) is 20.2. The van der Waals surface area contributed by atoms with Crippen LogP contribution in [0.2, 0.25) is 0 Å². The smallest absolute Gasteiger partial charge is 0.382 e. The number of H-pyrrole nitrogens is 1. The number of halogens is 3. The number of piperidine rings is 1. The van der Waals surface area contributed by atoms with Crippen LogP contribution in [-0.2, 0) is 16.0 Å². The average molecular weight is 637 g/mol. The zero-order valence-corrected chi connectivity index (χ0v) is 24.7.